The fraction of sp³-hybridized carbons (Fsp3) is 0.500. The van der Waals surface area contributed by atoms with Crippen molar-refractivity contribution in [1.82, 2.24) is 4.90 Å². The number of nitrogens with zero attached hydrogens (tertiary/aromatic N) is 1. The number of likely N-dealkylation sites (tertiary alicyclic amines) is 1. The van der Waals surface area contributed by atoms with Crippen LogP contribution in [0.3, 0.4) is 0 Å². The Balaban J connectivity index is 2.14. The van der Waals surface area contributed by atoms with E-state index >= 15 is 0 Å². The molecule has 16 heavy (non-hydrogen) atoms. The summed E-state index contributed by atoms with van der Waals surface area (Å²) in [5.74, 6) is -0.888. The van der Waals surface area contributed by atoms with Crippen molar-refractivity contribution in [2.75, 3.05) is 11.9 Å². The molecule has 4 heteroatoms. The van der Waals surface area contributed by atoms with Gasteiger partial charge in [0.25, 0.3) is 0 Å². The van der Waals surface area contributed by atoms with Crippen molar-refractivity contribution in [2.24, 2.45) is 0 Å². The molecule has 0 radical (unpaired) electrons. The first kappa shape index (κ1) is 12.0. The van der Waals surface area contributed by atoms with E-state index in [4.69, 9.17) is 0 Å². The minimum absolute atomic E-state index is 0.190. The molecule has 0 aliphatic carbocycles. The first-order chi connectivity index (χ1) is 7.72. The summed E-state index contributed by atoms with van der Waals surface area (Å²) in [7, 11) is 0. The number of alkyl halides is 1. The van der Waals surface area contributed by atoms with E-state index in [9.17, 15) is 8.78 Å². The van der Waals surface area contributed by atoms with E-state index in [1.165, 1.54) is 18.2 Å². The Morgan fingerprint density at radius 1 is 1.31 bits per heavy atom. The molecule has 0 spiro atoms. The van der Waals surface area contributed by atoms with Crippen LogP contribution in [0.5, 0.6) is 0 Å². The van der Waals surface area contributed by atoms with E-state index in [0.29, 0.717) is 12.6 Å². The van der Waals surface area contributed by atoms with Gasteiger partial charge in [0.15, 0.2) is 0 Å². The molecular formula is C12H14BrF2N. The molecule has 0 N–H and O–H groups in total. The van der Waals surface area contributed by atoms with Gasteiger partial charge < -0.3 is 0 Å². The Hall–Kier alpha value is -0.480. The summed E-state index contributed by atoms with van der Waals surface area (Å²) in [5, 5.41) is 0.864. The molecule has 0 amide bonds. The fourth-order valence-corrected chi connectivity index (χ4v) is 2.90. The molecule has 0 aromatic heterocycles. The number of rotatable bonds is 3. The van der Waals surface area contributed by atoms with Crippen molar-refractivity contribution in [2.45, 2.75) is 25.4 Å². The van der Waals surface area contributed by atoms with Crippen molar-refractivity contribution in [1.29, 1.82) is 0 Å². The lowest BCUT2D eigenvalue weighted by atomic mass is 10.1. The monoisotopic (exact) mass is 289 g/mol. The summed E-state index contributed by atoms with van der Waals surface area (Å²) in [4.78, 5) is 2.14. The Kier molecular flexibility index (Phi) is 3.92. The Labute approximate surface area is 103 Å². The average Bonchev–Trinajstić information content (AvgIpc) is 2.71. The van der Waals surface area contributed by atoms with Gasteiger partial charge in [0.2, 0.25) is 0 Å². The fourth-order valence-electron chi connectivity index (χ4n) is 2.16. The van der Waals surface area contributed by atoms with Crippen LogP contribution in [0.1, 0.15) is 18.4 Å². The van der Waals surface area contributed by atoms with Crippen molar-refractivity contribution >= 4 is 15.9 Å². The molecule has 1 aromatic carbocycles. The molecule has 1 aliphatic heterocycles. The van der Waals surface area contributed by atoms with Crippen LogP contribution in [-0.2, 0) is 6.54 Å². The number of benzene rings is 1. The van der Waals surface area contributed by atoms with Crippen LogP contribution >= 0.6 is 15.9 Å². The molecule has 1 aliphatic rings. The molecule has 1 nitrogen and oxygen atoms in total. The summed E-state index contributed by atoms with van der Waals surface area (Å²) < 4.78 is 26.9. The molecule has 1 heterocycles. The van der Waals surface area contributed by atoms with E-state index in [-0.39, 0.29) is 5.56 Å². The largest absolute Gasteiger partial charge is 0.295 e. The third-order valence-corrected chi connectivity index (χ3v) is 3.85. The van der Waals surface area contributed by atoms with Gasteiger partial charge in [-0.2, -0.15) is 0 Å². The molecule has 0 bridgehead atoms. The molecule has 1 saturated heterocycles. The van der Waals surface area contributed by atoms with E-state index in [0.717, 1.165) is 24.7 Å². The minimum Gasteiger partial charge on any atom is -0.295 e. The molecule has 2 rings (SSSR count). The maximum absolute atomic E-state index is 13.5. The third-order valence-electron chi connectivity index (χ3n) is 3.10. The van der Waals surface area contributed by atoms with Gasteiger partial charge in [-0.3, -0.25) is 4.90 Å². The molecule has 1 atom stereocenters. The summed E-state index contributed by atoms with van der Waals surface area (Å²) in [5.41, 5.74) is 0.190. The Morgan fingerprint density at radius 3 is 2.62 bits per heavy atom. The van der Waals surface area contributed by atoms with Gasteiger partial charge in [-0.1, -0.05) is 22.0 Å². The van der Waals surface area contributed by atoms with Gasteiger partial charge in [0.05, 0.1) is 0 Å². The maximum atomic E-state index is 13.5. The first-order valence-electron chi connectivity index (χ1n) is 5.45. The van der Waals surface area contributed by atoms with Crippen LogP contribution in [0.25, 0.3) is 0 Å². The standard InChI is InChI=1S/C12H14BrF2N/c13-7-9-3-2-6-16(9)8-10-11(14)4-1-5-12(10)15/h1,4-5,9H,2-3,6-8H2. The van der Waals surface area contributed by atoms with Crippen LogP contribution in [-0.4, -0.2) is 22.8 Å². The molecule has 1 aromatic rings. The number of hydrogen-bond acceptors (Lipinski definition) is 1. The number of hydrogen-bond donors (Lipinski definition) is 0. The van der Waals surface area contributed by atoms with E-state index in [2.05, 4.69) is 20.8 Å². The third kappa shape index (κ3) is 2.43. The first-order valence-corrected chi connectivity index (χ1v) is 6.57. The van der Waals surface area contributed by atoms with Crippen molar-refractivity contribution in [3.8, 4) is 0 Å². The van der Waals surface area contributed by atoms with Gasteiger partial charge in [-0.05, 0) is 31.5 Å². The lowest BCUT2D eigenvalue weighted by Gasteiger charge is -2.23. The predicted octanol–water partition coefficient (Wildman–Crippen LogP) is 3.32. The molecule has 1 unspecified atom stereocenters. The summed E-state index contributed by atoms with van der Waals surface area (Å²) in [6.45, 7) is 1.29. The second-order valence-corrected chi connectivity index (χ2v) is 4.77. The zero-order valence-electron chi connectivity index (χ0n) is 8.93. The predicted molar refractivity (Wildman–Crippen MR) is 63.6 cm³/mol. The summed E-state index contributed by atoms with van der Waals surface area (Å²) in [6.07, 6.45) is 2.20. The normalized spacial score (nSPS) is 21.6. The topological polar surface area (TPSA) is 3.24 Å². The lowest BCUT2D eigenvalue weighted by Crippen LogP contribution is -2.30. The number of halogens is 3. The van der Waals surface area contributed by atoms with Crippen LogP contribution in [0.15, 0.2) is 18.2 Å². The highest BCUT2D eigenvalue weighted by Gasteiger charge is 2.25. The lowest BCUT2D eigenvalue weighted by molar-refractivity contribution is 0.257. The van der Waals surface area contributed by atoms with Gasteiger partial charge in [0.1, 0.15) is 11.6 Å². The highest BCUT2D eigenvalue weighted by molar-refractivity contribution is 9.09. The van der Waals surface area contributed by atoms with Gasteiger partial charge in [-0.25, -0.2) is 8.78 Å². The Bertz CT molecular complexity index is 350. The van der Waals surface area contributed by atoms with Crippen molar-refractivity contribution in [3.05, 3.63) is 35.4 Å². The summed E-state index contributed by atoms with van der Waals surface area (Å²) >= 11 is 3.44. The zero-order chi connectivity index (χ0) is 11.5. The molecule has 88 valence electrons. The Morgan fingerprint density at radius 2 is 2.00 bits per heavy atom. The average molecular weight is 290 g/mol. The SMILES string of the molecule is Fc1cccc(F)c1CN1CCCC1CBr. The zero-order valence-corrected chi connectivity index (χ0v) is 10.5. The maximum Gasteiger partial charge on any atom is 0.130 e. The smallest absolute Gasteiger partial charge is 0.130 e. The van der Waals surface area contributed by atoms with Crippen LogP contribution in [0, 0.1) is 11.6 Å². The second kappa shape index (κ2) is 5.23. The highest BCUT2D eigenvalue weighted by atomic mass is 79.9. The van der Waals surface area contributed by atoms with Gasteiger partial charge in [-0.15, -0.1) is 0 Å². The molecule has 1 fully saturated rings. The van der Waals surface area contributed by atoms with Crippen LogP contribution in [0.2, 0.25) is 0 Å². The van der Waals surface area contributed by atoms with E-state index in [1.807, 2.05) is 0 Å². The van der Waals surface area contributed by atoms with Gasteiger partial charge in [0, 0.05) is 23.5 Å². The van der Waals surface area contributed by atoms with E-state index in [1.54, 1.807) is 0 Å². The van der Waals surface area contributed by atoms with E-state index < -0.39 is 11.6 Å². The van der Waals surface area contributed by atoms with Crippen LogP contribution < -0.4 is 0 Å². The highest BCUT2D eigenvalue weighted by Crippen LogP contribution is 2.23. The van der Waals surface area contributed by atoms with Crippen molar-refractivity contribution < 1.29 is 8.78 Å². The molecular weight excluding hydrogens is 276 g/mol. The molecule has 0 saturated carbocycles. The second-order valence-electron chi connectivity index (χ2n) is 4.12. The van der Waals surface area contributed by atoms with Crippen molar-refractivity contribution in [3.63, 3.8) is 0 Å². The summed E-state index contributed by atoms with van der Waals surface area (Å²) in [6, 6.07) is 4.44. The van der Waals surface area contributed by atoms with Crippen LogP contribution in [0.4, 0.5) is 8.78 Å². The quantitative estimate of drug-likeness (QED) is 0.772. The minimum atomic E-state index is -0.444. The van der Waals surface area contributed by atoms with Gasteiger partial charge >= 0.3 is 0 Å².